The van der Waals surface area contributed by atoms with Crippen molar-refractivity contribution >= 4 is 0 Å². The molecule has 2 fully saturated rings. The van der Waals surface area contributed by atoms with E-state index in [1.807, 2.05) is 0 Å². The zero-order valence-electron chi connectivity index (χ0n) is 9.28. The average Bonchev–Trinajstić information content (AvgIpc) is 2.80. The Labute approximate surface area is 87.3 Å². The molecule has 82 valence electrons. The number of aliphatic hydroxyl groups excluding tert-OH is 1. The Hall–Kier alpha value is -0.0800. The molecular formula is C12H23NO. The molecule has 1 aliphatic carbocycles. The highest BCUT2D eigenvalue weighted by atomic mass is 16.3. The van der Waals surface area contributed by atoms with Crippen molar-refractivity contribution in [2.45, 2.75) is 57.5 Å². The molecule has 1 saturated heterocycles. The maximum absolute atomic E-state index is 9.52. The summed E-state index contributed by atoms with van der Waals surface area (Å²) in [7, 11) is 0. The van der Waals surface area contributed by atoms with Crippen molar-refractivity contribution in [3.05, 3.63) is 0 Å². The molecule has 0 aromatic carbocycles. The number of hydrogen-bond acceptors (Lipinski definition) is 2. The summed E-state index contributed by atoms with van der Waals surface area (Å²) < 4.78 is 0. The second kappa shape index (κ2) is 4.63. The van der Waals surface area contributed by atoms with Gasteiger partial charge in [0.05, 0.1) is 6.61 Å². The standard InChI is InChI=1S/C12H23NO/c1-10-5-4-8-13(10)12(9-14)11-6-2-3-7-11/h10-12,14H,2-9H2,1H3. The van der Waals surface area contributed by atoms with Gasteiger partial charge in [0, 0.05) is 12.1 Å². The SMILES string of the molecule is CC1CCCN1C(CO)C1CCCC1. The van der Waals surface area contributed by atoms with Gasteiger partial charge in [0.2, 0.25) is 0 Å². The third-order valence-electron chi connectivity index (χ3n) is 4.16. The summed E-state index contributed by atoms with van der Waals surface area (Å²) in [5.74, 6) is 0.778. The van der Waals surface area contributed by atoms with E-state index in [1.165, 1.54) is 45.1 Å². The zero-order valence-corrected chi connectivity index (χ0v) is 9.28. The van der Waals surface area contributed by atoms with Gasteiger partial charge < -0.3 is 5.11 Å². The Morgan fingerprint density at radius 2 is 1.93 bits per heavy atom. The van der Waals surface area contributed by atoms with Gasteiger partial charge in [-0.05, 0) is 45.1 Å². The number of hydrogen-bond donors (Lipinski definition) is 1. The van der Waals surface area contributed by atoms with Crippen LogP contribution in [0.1, 0.15) is 45.4 Å². The van der Waals surface area contributed by atoms with Gasteiger partial charge in [0.25, 0.3) is 0 Å². The van der Waals surface area contributed by atoms with Gasteiger partial charge in [-0.15, -0.1) is 0 Å². The van der Waals surface area contributed by atoms with E-state index in [0.29, 0.717) is 18.7 Å². The van der Waals surface area contributed by atoms with Gasteiger partial charge in [0.15, 0.2) is 0 Å². The summed E-state index contributed by atoms with van der Waals surface area (Å²) in [4.78, 5) is 2.55. The van der Waals surface area contributed by atoms with Gasteiger partial charge in [0.1, 0.15) is 0 Å². The van der Waals surface area contributed by atoms with E-state index >= 15 is 0 Å². The van der Waals surface area contributed by atoms with Crippen LogP contribution in [0.15, 0.2) is 0 Å². The van der Waals surface area contributed by atoms with Crippen molar-refractivity contribution in [3.8, 4) is 0 Å². The Morgan fingerprint density at radius 3 is 2.43 bits per heavy atom. The van der Waals surface area contributed by atoms with Crippen LogP contribution in [0.5, 0.6) is 0 Å². The summed E-state index contributed by atoms with van der Waals surface area (Å²) in [6.07, 6.45) is 8.09. The van der Waals surface area contributed by atoms with E-state index in [-0.39, 0.29) is 0 Å². The minimum Gasteiger partial charge on any atom is -0.395 e. The zero-order chi connectivity index (χ0) is 9.97. The van der Waals surface area contributed by atoms with E-state index < -0.39 is 0 Å². The third-order valence-corrected chi connectivity index (χ3v) is 4.16. The van der Waals surface area contributed by atoms with Crippen molar-refractivity contribution < 1.29 is 5.11 Å². The molecule has 2 atom stereocenters. The van der Waals surface area contributed by atoms with Crippen LogP contribution in [0.25, 0.3) is 0 Å². The van der Waals surface area contributed by atoms with Crippen molar-refractivity contribution in [2.75, 3.05) is 13.2 Å². The molecule has 2 nitrogen and oxygen atoms in total. The van der Waals surface area contributed by atoms with Crippen LogP contribution in [0, 0.1) is 5.92 Å². The highest BCUT2D eigenvalue weighted by molar-refractivity contribution is 4.88. The fourth-order valence-corrected chi connectivity index (χ4v) is 3.32. The number of nitrogens with zero attached hydrogens (tertiary/aromatic N) is 1. The normalized spacial score (nSPS) is 32.6. The van der Waals surface area contributed by atoms with Crippen molar-refractivity contribution in [1.29, 1.82) is 0 Å². The third kappa shape index (κ3) is 1.96. The van der Waals surface area contributed by atoms with Gasteiger partial charge in [-0.2, -0.15) is 0 Å². The Balaban J connectivity index is 1.96. The number of rotatable bonds is 3. The monoisotopic (exact) mass is 197 g/mol. The van der Waals surface area contributed by atoms with Crippen LogP contribution in [-0.4, -0.2) is 35.2 Å². The molecule has 0 spiro atoms. The van der Waals surface area contributed by atoms with Crippen LogP contribution in [-0.2, 0) is 0 Å². The molecule has 0 radical (unpaired) electrons. The molecule has 0 amide bonds. The summed E-state index contributed by atoms with van der Waals surface area (Å²) in [6, 6.07) is 1.17. The molecule has 1 heterocycles. The van der Waals surface area contributed by atoms with Gasteiger partial charge >= 0.3 is 0 Å². The minimum absolute atomic E-state index is 0.370. The minimum atomic E-state index is 0.370. The highest BCUT2D eigenvalue weighted by Crippen LogP contribution is 2.33. The van der Waals surface area contributed by atoms with Crippen LogP contribution < -0.4 is 0 Å². The first-order chi connectivity index (χ1) is 6.83. The predicted octanol–water partition coefficient (Wildman–Crippen LogP) is 2.02. The summed E-state index contributed by atoms with van der Waals surface area (Å²) >= 11 is 0. The van der Waals surface area contributed by atoms with Crippen LogP contribution in [0.2, 0.25) is 0 Å². The molecular weight excluding hydrogens is 174 g/mol. The lowest BCUT2D eigenvalue weighted by Gasteiger charge is -2.34. The molecule has 1 aliphatic heterocycles. The fraction of sp³-hybridized carbons (Fsp3) is 1.00. The second-order valence-electron chi connectivity index (χ2n) is 5.02. The summed E-state index contributed by atoms with van der Waals surface area (Å²) in [6.45, 7) is 3.89. The molecule has 0 aromatic rings. The molecule has 1 N–H and O–H groups in total. The van der Waals surface area contributed by atoms with Gasteiger partial charge in [-0.3, -0.25) is 4.90 Å². The first-order valence-corrected chi connectivity index (χ1v) is 6.19. The Bertz CT molecular complexity index is 177. The quantitative estimate of drug-likeness (QED) is 0.748. The largest absolute Gasteiger partial charge is 0.395 e. The highest BCUT2D eigenvalue weighted by Gasteiger charge is 2.33. The first kappa shape index (κ1) is 10.4. The van der Waals surface area contributed by atoms with Gasteiger partial charge in [-0.25, -0.2) is 0 Å². The molecule has 2 heteroatoms. The molecule has 2 rings (SSSR count). The van der Waals surface area contributed by atoms with E-state index in [2.05, 4.69) is 11.8 Å². The lowest BCUT2D eigenvalue weighted by atomic mass is 9.97. The molecule has 0 aromatic heterocycles. The molecule has 0 bridgehead atoms. The maximum Gasteiger partial charge on any atom is 0.0589 e. The molecule has 1 saturated carbocycles. The topological polar surface area (TPSA) is 23.5 Å². The average molecular weight is 197 g/mol. The fourth-order valence-electron chi connectivity index (χ4n) is 3.32. The lowest BCUT2D eigenvalue weighted by Crippen LogP contribution is -2.44. The smallest absolute Gasteiger partial charge is 0.0589 e. The van der Waals surface area contributed by atoms with E-state index in [9.17, 15) is 5.11 Å². The molecule has 2 unspecified atom stereocenters. The second-order valence-corrected chi connectivity index (χ2v) is 5.02. The van der Waals surface area contributed by atoms with E-state index in [0.717, 1.165) is 5.92 Å². The number of likely N-dealkylation sites (tertiary alicyclic amines) is 1. The van der Waals surface area contributed by atoms with Crippen LogP contribution in [0.3, 0.4) is 0 Å². The van der Waals surface area contributed by atoms with Crippen molar-refractivity contribution in [3.63, 3.8) is 0 Å². The lowest BCUT2D eigenvalue weighted by molar-refractivity contribution is 0.0767. The van der Waals surface area contributed by atoms with Gasteiger partial charge in [-0.1, -0.05) is 12.8 Å². The van der Waals surface area contributed by atoms with Crippen molar-refractivity contribution in [1.82, 2.24) is 4.90 Å². The molecule has 2 aliphatic rings. The van der Waals surface area contributed by atoms with E-state index in [4.69, 9.17) is 0 Å². The maximum atomic E-state index is 9.52. The Morgan fingerprint density at radius 1 is 1.21 bits per heavy atom. The molecule has 14 heavy (non-hydrogen) atoms. The predicted molar refractivity (Wildman–Crippen MR) is 58.2 cm³/mol. The van der Waals surface area contributed by atoms with Crippen LogP contribution in [0.4, 0.5) is 0 Å². The Kier molecular flexibility index (Phi) is 3.45. The summed E-state index contributed by atoms with van der Waals surface area (Å²) in [5.41, 5.74) is 0. The summed E-state index contributed by atoms with van der Waals surface area (Å²) in [5, 5.41) is 9.52. The van der Waals surface area contributed by atoms with E-state index in [1.54, 1.807) is 0 Å². The van der Waals surface area contributed by atoms with Crippen LogP contribution >= 0.6 is 0 Å². The first-order valence-electron chi connectivity index (χ1n) is 6.19. The van der Waals surface area contributed by atoms with Crippen molar-refractivity contribution in [2.24, 2.45) is 5.92 Å². The number of aliphatic hydroxyl groups is 1.